The zero-order valence-electron chi connectivity index (χ0n) is 9.69. The van der Waals surface area contributed by atoms with Gasteiger partial charge in [0.15, 0.2) is 0 Å². The summed E-state index contributed by atoms with van der Waals surface area (Å²) in [7, 11) is 0. The van der Waals surface area contributed by atoms with E-state index in [0.717, 1.165) is 25.2 Å². The summed E-state index contributed by atoms with van der Waals surface area (Å²) in [6.45, 7) is 3.58. The number of hydrogen-bond donors (Lipinski definition) is 0. The molecule has 0 radical (unpaired) electrons. The van der Waals surface area contributed by atoms with Crippen molar-refractivity contribution in [3.05, 3.63) is 42.0 Å². The minimum absolute atomic E-state index is 0.328. The molecule has 1 aromatic carbocycles. The molecule has 0 saturated carbocycles. The first-order valence-corrected chi connectivity index (χ1v) is 5.83. The Hall–Kier alpha value is -1.28. The SMILES string of the molecule is C/C=C/CCc1ccc(OCC2CO2)cc1. The third-order valence-corrected chi connectivity index (χ3v) is 2.60. The number of hydrogen-bond acceptors (Lipinski definition) is 2. The van der Waals surface area contributed by atoms with Gasteiger partial charge in [0.25, 0.3) is 0 Å². The van der Waals surface area contributed by atoms with Gasteiger partial charge in [0.1, 0.15) is 18.5 Å². The van der Waals surface area contributed by atoms with Crippen LogP contribution < -0.4 is 4.74 Å². The molecule has 1 aliphatic heterocycles. The van der Waals surface area contributed by atoms with Crippen molar-refractivity contribution in [1.29, 1.82) is 0 Å². The molecular formula is C14H18O2. The second kappa shape index (κ2) is 5.71. The van der Waals surface area contributed by atoms with Crippen molar-refractivity contribution >= 4 is 0 Å². The van der Waals surface area contributed by atoms with Crippen LogP contribution in [0.2, 0.25) is 0 Å². The van der Waals surface area contributed by atoms with Gasteiger partial charge in [0, 0.05) is 0 Å². The predicted octanol–water partition coefficient (Wildman–Crippen LogP) is 2.97. The molecule has 2 nitrogen and oxygen atoms in total. The Bertz CT molecular complexity index is 336. The Morgan fingerprint density at radius 3 is 2.75 bits per heavy atom. The van der Waals surface area contributed by atoms with Crippen LogP contribution in [0.15, 0.2) is 36.4 Å². The monoisotopic (exact) mass is 218 g/mol. The van der Waals surface area contributed by atoms with Gasteiger partial charge in [-0.15, -0.1) is 0 Å². The zero-order chi connectivity index (χ0) is 11.2. The van der Waals surface area contributed by atoms with E-state index in [1.54, 1.807) is 0 Å². The van der Waals surface area contributed by atoms with Crippen molar-refractivity contribution in [2.45, 2.75) is 25.9 Å². The van der Waals surface area contributed by atoms with E-state index >= 15 is 0 Å². The molecule has 0 amide bonds. The topological polar surface area (TPSA) is 21.8 Å². The molecule has 86 valence electrons. The van der Waals surface area contributed by atoms with Crippen molar-refractivity contribution < 1.29 is 9.47 Å². The summed E-state index contributed by atoms with van der Waals surface area (Å²) in [5.74, 6) is 0.935. The van der Waals surface area contributed by atoms with E-state index in [9.17, 15) is 0 Å². The lowest BCUT2D eigenvalue weighted by Crippen LogP contribution is -2.03. The first kappa shape index (κ1) is 11.2. The fraction of sp³-hybridized carbons (Fsp3) is 0.429. The summed E-state index contributed by atoms with van der Waals surface area (Å²) in [4.78, 5) is 0. The Morgan fingerprint density at radius 1 is 1.38 bits per heavy atom. The highest BCUT2D eigenvalue weighted by atomic mass is 16.6. The lowest BCUT2D eigenvalue weighted by molar-refractivity contribution is 0.263. The minimum atomic E-state index is 0.328. The minimum Gasteiger partial charge on any atom is -0.491 e. The number of allylic oxidation sites excluding steroid dienone is 2. The van der Waals surface area contributed by atoms with E-state index in [4.69, 9.17) is 9.47 Å². The maximum Gasteiger partial charge on any atom is 0.119 e. The van der Waals surface area contributed by atoms with Crippen LogP contribution in [0.5, 0.6) is 5.75 Å². The van der Waals surface area contributed by atoms with E-state index in [0.29, 0.717) is 12.7 Å². The molecular weight excluding hydrogens is 200 g/mol. The summed E-state index contributed by atoms with van der Waals surface area (Å²) in [5.41, 5.74) is 1.35. The van der Waals surface area contributed by atoms with Gasteiger partial charge in [0.2, 0.25) is 0 Å². The largest absolute Gasteiger partial charge is 0.491 e. The molecule has 2 rings (SSSR count). The molecule has 0 bridgehead atoms. The molecule has 0 spiro atoms. The van der Waals surface area contributed by atoms with Crippen LogP contribution in [-0.4, -0.2) is 19.3 Å². The summed E-state index contributed by atoms with van der Waals surface area (Å²) in [6.07, 6.45) is 6.81. The van der Waals surface area contributed by atoms with Gasteiger partial charge in [-0.05, 0) is 37.5 Å². The Balaban J connectivity index is 1.78. The molecule has 1 saturated heterocycles. The maximum atomic E-state index is 5.57. The maximum absolute atomic E-state index is 5.57. The van der Waals surface area contributed by atoms with E-state index in [2.05, 4.69) is 31.2 Å². The fourth-order valence-corrected chi connectivity index (χ4v) is 1.52. The third-order valence-electron chi connectivity index (χ3n) is 2.60. The Kier molecular flexibility index (Phi) is 4.00. The molecule has 1 fully saturated rings. The van der Waals surface area contributed by atoms with Gasteiger partial charge >= 0.3 is 0 Å². The number of aryl methyl sites for hydroxylation is 1. The van der Waals surface area contributed by atoms with Crippen LogP contribution in [-0.2, 0) is 11.2 Å². The molecule has 16 heavy (non-hydrogen) atoms. The normalized spacial score (nSPS) is 18.9. The summed E-state index contributed by atoms with van der Waals surface area (Å²) >= 11 is 0. The number of ether oxygens (including phenoxy) is 2. The van der Waals surface area contributed by atoms with Crippen LogP contribution in [0.1, 0.15) is 18.9 Å². The van der Waals surface area contributed by atoms with Crippen molar-refractivity contribution in [2.75, 3.05) is 13.2 Å². The highest BCUT2D eigenvalue weighted by Crippen LogP contribution is 2.16. The van der Waals surface area contributed by atoms with Crippen molar-refractivity contribution in [3.8, 4) is 5.75 Å². The molecule has 1 atom stereocenters. The number of epoxide rings is 1. The van der Waals surface area contributed by atoms with E-state index in [1.165, 1.54) is 5.56 Å². The number of benzene rings is 1. The molecule has 1 unspecified atom stereocenters. The fourth-order valence-electron chi connectivity index (χ4n) is 1.52. The molecule has 1 aliphatic rings. The first-order valence-electron chi connectivity index (χ1n) is 5.83. The standard InChI is InChI=1S/C14H18O2/c1-2-3-4-5-12-6-8-13(9-7-12)15-10-14-11-16-14/h2-3,6-9,14H,4-5,10-11H2,1H3/b3-2+. The van der Waals surface area contributed by atoms with Gasteiger partial charge in [0.05, 0.1) is 6.61 Å². The smallest absolute Gasteiger partial charge is 0.119 e. The molecule has 1 aromatic rings. The van der Waals surface area contributed by atoms with Gasteiger partial charge in [-0.25, -0.2) is 0 Å². The molecule has 0 aliphatic carbocycles. The van der Waals surface area contributed by atoms with Crippen molar-refractivity contribution in [1.82, 2.24) is 0 Å². The molecule has 0 N–H and O–H groups in total. The van der Waals surface area contributed by atoms with Crippen LogP contribution >= 0.6 is 0 Å². The average molecular weight is 218 g/mol. The van der Waals surface area contributed by atoms with Crippen molar-refractivity contribution in [2.24, 2.45) is 0 Å². The lowest BCUT2D eigenvalue weighted by atomic mass is 10.1. The third kappa shape index (κ3) is 3.70. The van der Waals surface area contributed by atoms with Crippen LogP contribution in [0.3, 0.4) is 0 Å². The van der Waals surface area contributed by atoms with E-state index in [1.807, 2.05) is 12.1 Å². The zero-order valence-corrected chi connectivity index (χ0v) is 9.69. The van der Waals surface area contributed by atoms with Gasteiger partial charge in [-0.3, -0.25) is 0 Å². The lowest BCUT2D eigenvalue weighted by Gasteiger charge is -2.05. The van der Waals surface area contributed by atoms with E-state index < -0.39 is 0 Å². The average Bonchev–Trinajstić information content (AvgIpc) is 3.12. The summed E-state index contributed by atoms with van der Waals surface area (Å²) in [5, 5.41) is 0. The second-order valence-electron chi connectivity index (χ2n) is 4.02. The highest BCUT2D eigenvalue weighted by Gasteiger charge is 2.22. The van der Waals surface area contributed by atoms with Crippen LogP contribution in [0, 0.1) is 0 Å². The quantitative estimate of drug-likeness (QED) is 0.541. The Morgan fingerprint density at radius 2 is 2.12 bits per heavy atom. The van der Waals surface area contributed by atoms with Gasteiger partial charge in [-0.1, -0.05) is 24.3 Å². The summed E-state index contributed by atoms with van der Waals surface area (Å²) in [6, 6.07) is 8.33. The Labute approximate surface area is 96.9 Å². The summed E-state index contributed by atoms with van der Waals surface area (Å²) < 4.78 is 10.7. The van der Waals surface area contributed by atoms with E-state index in [-0.39, 0.29) is 0 Å². The second-order valence-corrected chi connectivity index (χ2v) is 4.02. The molecule has 2 heteroatoms. The van der Waals surface area contributed by atoms with Crippen LogP contribution in [0.25, 0.3) is 0 Å². The van der Waals surface area contributed by atoms with Crippen molar-refractivity contribution in [3.63, 3.8) is 0 Å². The predicted molar refractivity (Wildman–Crippen MR) is 64.8 cm³/mol. The highest BCUT2D eigenvalue weighted by molar-refractivity contribution is 5.27. The first-order chi connectivity index (χ1) is 7.88. The number of rotatable bonds is 6. The molecule has 0 aromatic heterocycles. The van der Waals surface area contributed by atoms with Gasteiger partial charge < -0.3 is 9.47 Å². The molecule has 1 heterocycles. The van der Waals surface area contributed by atoms with Crippen LogP contribution in [0.4, 0.5) is 0 Å². The van der Waals surface area contributed by atoms with Gasteiger partial charge in [-0.2, -0.15) is 0 Å².